The van der Waals surface area contributed by atoms with Gasteiger partial charge in [-0.3, -0.25) is 14.6 Å². The van der Waals surface area contributed by atoms with Crippen LogP contribution in [0.5, 0.6) is 0 Å². The number of carbonyl (C=O) groups excluding carboxylic acids is 2. The Labute approximate surface area is 121 Å². The van der Waals surface area contributed by atoms with Crippen molar-refractivity contribution < 1.29 is 14.0 Å². The summed E-state index contributed by atoms with van der Waals surface area (Å²) in [6.07, 6.45) is 2.70. The minimum atomic E-state index is -0.415. The van der Waals surface area contributed by atoms with Crippen molar-refractivity contribution >= 4 is 11.6 Å². The van der Waals surface area contributed by atoms with E-state index in [1.54, 1.807) is 31.2 Å². The van der Waals surface area contributed by atoms with E-state index in [0.717, 1.165) is 6.20 Å². The number of nitrogens with zero attached hydrogens (tertiary/aromatic N) is 1. The van der Waals surface area contributed by atoms with E-state index in [-0.39, 0.29) is 18.0 Å². The van der Waals surface area contributed by atoms with Crippen molar-refractivity contribution in [2.75, 3.05) is 0 Å². The van der Waals surface area contributed by atoms with Crippen LogP contribution >= 0.6 is 0 Å². The van der Waals surface area contributed by atoms with E-state index in [4.69, 9.17) is 0 Å². The number of carbonyl (C=O) groups is 2. The molecule has 0 radical (unpaired) electrons. The maximum absolute atomic E-state index is 13.1. The molecule has 1 aliphatic carbocycles. The number of halogens is 1. The molecule has 104 valence electrons. The van der Waals surface area contributed by atoms with Crippen LogP contribution in [0.1, 0.15) is 32.0 Å². The van der Waals surface area contributed by atoms with Gasteiger partial charge in [-0.2, -0.15) is 0 Å². The lowest BCUT2D eigenvalue weighted by atomic mass is 9.87. The number of aryl methyl sites for hydroxylation is 1. The van der Waals surface area contributed by atoms with Crippen molar-refractivity contribution in [1.29, 1.82) is 0 Å². The standard InChI is InChI=1S/C17H12FNO2/c1-10-6-12(18)9-19-15(10)7-11-8-16(20)13-4-2-3-5-14(13)17(11)21/h2-6,8-9H,7H2,1H3. The quantitative estimate of drug-likeness (QED) is 0.850. The third-order valence-corrected chi connectivity index (χ3v) is 3.55. The topological polar surface area (TPSA) is 47.0 Å². The second-order valence-corrected chi connectivity index (χ2v) is 5.00. The monoisotopic (exact) mass is 281 g/mol. The summed E-state index contributed by atoms with van der Waals surface area (Å²) in [6.45, 7) is 1.73. The molecule has 0 unspecified atom stereocenters. The van der Waals surface area contributed by atoms with Crippen LogP contribution in [0, 0.1) is 12.7 Å². The highest BCUT2D eigenvalue weighted by atomic mass is 19.1. The third-order valence-electron chi connectivity index (χ3n) is 3.55. The highest BCUT2D eigenvalue weighted by Gasteiger charge is 2.25. The fourth-order valence-electron chi connectivity index (χ4n) is 2.44. The number of fused-ring (bicyclic) bond motifs is 1. The molecule has 3 rings (SSSR count). The molecule has 0 amide bonds. The van der Waals surface area contributed by atoms with Crippen LogP contribution in [-0.2, 0) is 6.42 Å². The number of rotatable bonds is 2. The fraction of sp³-hybridized carbons (Fsp3) is 0.118. The van der Waals surface area contributed by atoms with Gasteiger partial charge in [-0.15, -0.1) is 0 Å². The molecule has 1 aromatic heterocycles. The summed E-state index contributed by atoms with van der Waals surface area (Å²) in [6, 6.07) is 8.12. The van der Waals surface area contributed by atoms with Gasteiger partial charge in [0.1, 0.15) is 5.82 Å². The Hall–Kier alpha value is -2.62. The summed E-state index contributed by atoms with van der Waals surface area (Å²) in [4.78, 5) is 28.5. The van der Waals surface area contributed by atoms with Crippen molar-refractivity contribution in [3.63, 3.8) is 0 Å². The molecule has 0 bridgehead atoms. The lowest BCUT2D eigenvalue weighted by Crippen LogP contribution is -2.18. The highest BCUT2D eigenvalue weighted by Crippen LogP contribution is 2.24. The van der Waals surface area contributed by atoms with Gasteiger partial charge < -0.3 is 0 Å². The molecule has 0 saturated heterocycles. The molecule has 1 aliphatic rings. The third kappa shape index (κ3) is 2.40. The molecule has 1 aromatic carbocycles. The van der Waals surface area contributed by atoms with Gasteiger partial charge in [-0.25, -0.2) is 4.39 Å². The molecule has 4 heteroatoms. The van der Waals surface area contributed by atoms with Gasteiger partial charge in [0, 0.05) is 28.8 Å². The molecular formula is C17H12FNO2. The van der Waals surface area contributed by atoms with Gasteiger partial charge in [0.15, 0.2) is 11.6 Å². The summed E-state index contributed by atoms with van der Waals surface area (Å²) >= 11 is 0. The number of aromatic nitrogens is 1. The van der Waals surface area contributed by atoms with Gasteiger partial charge in [0.2, 0.25) is 0 Å². The molecule has 0 fully saturated rings. The molecule has 3 nitrogen and oxygen atoms in total. The maximum Gasteiger partial charge on any atom is 0.190 e. The number of ketones is 2. The van der Waals surface area contributed by atoms with Crippen LogP contribution in [-0.4, -0.2) is 16.6 Å². The molecule has 0 atom stereocenters. The summed E-state index contributed by atoms with van der Waals surface area (Å²) in [5.41, 5.74) is 2.49. The summed E-state index contributed by atoms with van der Waals surface area (Å²) in [5.74, 6) is -0.766. The lowest BCUT2D eigenvalue weighted by molar-refractivity contribution is 0.0982. The van der Waals surface area contributed by atoms with Crippen LogP contribution in [0.3, 0.4) is 0 Å². The second kappa shape index (κ2) is 5.05. The first-order valence-electron chi connectivity index (χ1n) is 6.56. The van der Waals surface area contributed by atoms with Crippen LogP contribution in [0.4, 0.5) is 4.39 Å². The minimum Gasteiger partial charge on any atom is -0.289 e. The molecule has 21 heavy (non-hydrogen) atoms. The first kappa shape index (κ1) is 13.4. The first-order valence-corrected chi connectivity index (χ1v) is 6.56. The Kier molecular flexibility index (Phi) is 3.22. The van der Waals surface area contributed by atoms with Crippen molar-refractivity contribution in [3.8, 4) is 0 Å². The smallest absolute Gasteiger partial charge is 0.190 e. The largest absolute Gasteiger partial charge is 0.289 e. The molecule has 2 aromatic rings. The van der Waals surface area contributed by atoms with Crippen LogP contribution in [0.25, 0.3) is 0 Å². The molecular weight excluding hydrogens is 269 g/mol. The average Bonchev–Trinajstić information content (AvgIpc) is 2.47. The van der Waals surface area contributed by atoms with E-state index in [2.05, 4.69) is 4.98 Å². The first-order chi connectivity index (χ1) is 10.1. The molecule has 0 aliphatic heterocycles. The molecule has 0 N–H and O–H groups in total. The van der Waals surface area contributed by atoms with Crippen molar-refractivity contribution in [2.24, 2.45) is 0 Å². The SMILES string of the molecule is Cc1cc(F)cnc1CC1=CC(=O)c2ccccc2C1=O. The molecule has 0 spiro atoms. The van der Waals surface area contributed by atoms with Crippen LogP contribution in [0.15, 0.2) is 48.2 Å². The van der Waals surface area contributed by atoms with E-state index in [1.807, 2.05) is 0 Å². The van der Waals surface area contributed by atoms with E-state index in [1.165, 1.54) is 12.1 Å². The van der Waals surface area contributed by atoms with Gasteiger partial charge in [0.05, 0.1) is 6.20 Å². The minimum absolute atomic E-state index is 0.171. The van der Waals surface area contributed by atoms with Crippen molar-refractivity contribution in [3.05, 3.63) is 76.4 Å². The van der Waals surface area contributed by atoms with Crippen molar-refractivity contribution in [1.82, 2.24) is 4.98 Å². The Morgan fingerprint density at radius 1 is 1.14 bits per heavy atom. The lowest BCUT2D eigenvalue weighted by Gasteiger charge is -2.15. The predicted molar refractivity (Wildman–Crippen MR) is 75.8 cm³/mol. The second-order valence-electron chi connectivity index (χ2n) is 5.00. The number of Topliss-reactive ketones (excluding diaryl/α,β-unsaturated/α-hetero) is 1. The molecule has 0 saturated carbocycles. The zero-order valence-corrected chi connectivity index (χ0v) is 11.4. The number of hydrogen-bond donors (Lipinski definition) is 0. The summed E-state index contributed by atoms with van der Waals surface area (Å²) < 4.78 is 13.1. The van der Waals surface area contributed by atoms with Gasteiger partial charge >= 0.3 is 0 Å². The average molecular weight is 281 g/mol. The number of hydrogen-bond acceptors (Lipinski definition) is 3. The van der Waals surface area contributed by atoms with Crippen LogP contribution in [0.2, 0.25) is 0 Å². The summed E-state index contributed by atoms with van der Waals surface area (Å²) in [7, 11) is 0. The highest BCUT2D eigenvalue weighted by molar-refractivity contribution is 6.24. The maximum atomic E-state index is 13.1. The van der Waals surface area contributed by atoms with Crippen LogP contribution < -0.4 is 0 Å². The van der Waals surface area contributed by atoms with E-state index in [0.29, 0.717) is 28.0 Å². The van der Waals surface area contributed by atoms with Crippen molar-refractivity contribution in [2.45, 2.75) is 13.3 Å². The number of benzene rings is 1. The zero-order valence-electron chi connectivity index (χ0n) is 11.4. The normalized spacial score (nSPS) is 13.9. The Morgan fingerprint density at radius 3 is 2.57 bits per heavy atom. The summed E-state index contributed by atoms with van der Waals surface area (Å²) in [5, 5.41) is 0. The van der Waals surface area contributed by atoms with Gasteiger partial charge in [-0.05, 0) is 24.6 Å². The Balaban J connectivity index is 1.97. The number of allylic oxidation sites excluding steroid dienone is 2. The number of pyridine rings is 1. The predicted octanol–water partition coefficient (Wildman–Crippen LogP) is 3.08. The van der Waals surface area contributed by atoms with E-state index in [9.17, 15) is 14.0 Å². The Morgan fingerprint density at radius 2 is 1.86 bits per heavy atom. The zero-order chi connectivity index (χ0) is 15.0. The van der Waals surface area contributed by atoms with E-state index < -0.39 is 5.82 Å². The van der Waals surface area contributed by atoms with E-state index >= 15 is 0 Å². The Bertz CT molecular complexity index is 793. The fourth-order valence-corrected chi connectivity index (χ4v) is 2.44. The van der Waals surface area contributed by atoms with Gasteiger partial charge in [-0.1, -0.05) is 24.3 Å². The molecule has 1 heterocycles. The van der Waals surface area contributed by atoms with Gasteiger partial charge in [0.25, 0.3) is 0 Å².